The summed E-state index contributed by atoms with van der Waals surface area (Å²) in [6, 6.07) is 17.7. The number of nitrogens with zero attached hydrogens (tertiary/aromatic N) is 1. The van der Waals surface area contributed by atoms with Crippen molar-refractivity contribution in [1.29, 1.82) is 0 Å². The fraction of sp³-hybridized carbons (Fsp3) is 0.190. The van der Waals surface area contributed by atoms with E-state index in [1.165, 1.54) is 6.07 Å². The summed E-state index contributed by atoms with van der Waals surface area (Å²) in [5, 5.41) is 1.95. The lowest BCUT2D eigenvalue weighted by Crippen LogP contribution is -2.31. The van der Waals surface area contributed by atoms with Crippen molar-refractivity contribution in [3.05, 3.63) is 82.0 Å². The first-order valence-electron chi connectivity index (χ1n) is 8.63. The fourth-order valence-electron chi connectivity index (χ4n) is 2.97. The number of methoxy groups -OCH3 is 1. The van der Waals surface area contributed by atoms with E-state index in [0.717, 1.165) is 16.7 Å². The summed E-state index contributed by atoms with van der Waals surface area (Å²) < 4.78 is 29.7. The van der Waals surface area contributed by atoms with Crippen LogP contribution < -0.4 is 4.74 Å². The number of amides is 1. The van der Waals surface area contributed by atoms with Crippen molar-refractivity contribution in [2.45, 2.75) is 18.0 Å². The van der Waals surface area contributed by atoms with Gasteiger partial charge in [-0.1, -0.05) is 36.4 Å². The number of ether oxygens (including phenoxy) is 1. The van der Waals surface area contributed by atoms with Crippen LogP contribution in [0.4, 0.5) is 0 Å². The summed E-state index contributed by atoms with van der Waals surface area (Å²) in [5.74, 6) is 0.350. The number of hydrogen-bond acceptors (Lipinski definition) is 5. The summed E-state index contributed by atoms with van der Waals surface area (Å²) in [6.45, 7) is 0.686. The molecule has 3 aromatic rings. The molecular weight excluding hydrogens is 394 g/mol. The number of benzene rings is 2. The summed E-state index contributed by atoms with van der Waals surface area (Å²) in [5.41, 5.74) is 1.03. The lowest BCUT2D eigenvalue weighted by molar-refractivity contribution is 0.0726. The van der Waals surface area contributed by atoms with Crippen LogP contribution in [0.5, 0.6) is 5.75 Å². The van der Waals surface area contributed by atoms with Gasteiger partial charge in [0, 0.05) is 16.7 Å². The zero-order valence-corrected chi connectivity index (χ0v) is 17.3. The van der Waals surface area contributed by atoms with Crippen LogP contribution in [0.3, 0.4) is 0 Å². The molecule has 0 radical (unpaired) electrons. The Morgan fingerprint density at radius 2 is 1.71 bits per heavy atom. The minimum absolute atomic E-state index is 0.0382. The molecular formula is C21H21NO4S2. The van der Waals surface area contributed by atoms with E-state index in [1.54, 1.807) is 41.5 Å². The number of rotatable bonds is 7. The zero-order valence-electron chi connectivity index (χ0n) is 15.7. The van der Waals surface area contributed by atoms with Gasteiger partial charge in [-0.15, -0.1) is 11.3 Å². The first-order chi connectivity index (χ1) is 13.4. The lowest BCUT2D eigenvalue weighted by atomic mass is 10.1. The second kappa shape index (κ2) is 8.58. The molecule has 2 aromatic carbocycles. The van der Waals surface area contributed by atoms with Crippen LogP contribution in [-0.4, -0.2) is 32.6 Å². The van der Waals surface area contributed by atoms with Gasteiger partial charge < -0.3 is 9.64 Å². The zero-order chi connectivity index (χ0) is 20.1. The van der Waals surface area contributed by atoms with Gasteiger partial charge in [0.05, 0.1) is 30.7 Å². The van der Waals surface area contributed by atoms with Gasteiger partial charge in [0.25, 0.3) is 5.91 Å². The number of carbonyl (C=O) groups is 1. The molecule has 5 nitrogen and oxygen atoms in total. The molecule has 0 saturated carbocycles. The number of thiophene rings is 1. The Labute approximate surface area is 169 Å². The number of para-hydroxylation sites is 1. The molecule has 0 aliphatic rings. The Morgan fingerprint density at radius 1 is 1.00 bits per heavy atom. The van der Waals surface area contributed by atoms with E-state index >= 15 is 0 Å². The van der Waals surface area contributed by atoms with Crippen molar-refractivity contribution >= 4 is 27.1 Å². The molecule has 0 bridgehead atoms. The second-order valence-electron chi connectivity index (χ2n) is 6.32. The normalized spacial score (nSPS) is 11.2. The molecule has 3 rings (SSSR count). The quantitative estimate of drug-likeness (QED) is 0.585. The molecule has 0 aliphatic heterocycles. The van der Waals surface area contributed by atoms with Crippen LogP contribution in [0.25, 0.3) is 0 Å². The average molecular weight is 416 g/mol. The average Bonchev–Trinajstić information content (AvgIpc) is 3.20. The SMILES string of the molecule is COc1ccccc1CN(Cc1cccs1)C(=O)c1ccccc1S(C)(=O)=O. The molecule has 1 amide bonds. The molecule has 0 N–H and O–H groups in total. The number of carbonyl (C=O) groups excluding carboxylic acids is 1. The maximum atomic E-state index is 13.4. The van der Waals surface area contributed by atoms with Gasteiger partial charge in [-0.25, -0.2) is 8.42 Å². The first-order valence-corrected chi connectivity index (χ1v) is 11.4. The highest BCUT2D eigenvalue weighted by Crippen LogP contribution is 2.25. The second-order valence-corrected chi connectivity index (χ2v) is 9.34. The highest BCUT2D eigenvalue weighted by atomic mass is 32.2. The van der Waals surface area contributed by atoms with Gasteiger partial charge in [-0.3, -0.25) is 4.79 Å². The first kappa shape index (κ1) is 20.1. The van der Waals surface area contributed by atoms with Gasteiger partial charge in [-0.2, -0.15) is 0 Å². The predicted molar refractivity (Wildman–Crippen MR) is 110 cm³/mol. The maximum absolute atomic E-state index is 13.4. The minimum Gasteiger partial charge on any atom is -0.496 e. The summed E-state index contributed by atoms with van der Waals surface area (Å²) >= 11 is 1.55. The minimum atomic E-state index is -3.53. The highest BCUT2D eigenvalue weighted by Gasteiger charge is 2.24. The van der Waals surface area contributed by atoms with Crippen LogP contribution in [0.15, 0.2) is 70.9 Å². The maximum Gasteiger partial charge on any atom is 0.255 e. The van der Waals surface area contributed by atoms with Crippen LogP contribution in [0.2, 0.25) is 0 Å². The predicted octanol–water partition coefficient (Wildman–Crippen LogP) is 4.00. The van der Waals surface area contributed by atoms with Crippen molar-refractivity contribution in [3.8, 4) is 5.75 Å². The van der Waals surface area contributed by atoms with Gasteiger partial charge in [-0.05, 0) is 29.6 Å². The highest BCUT2D eigenvalue weighted by molar-refractivity contribution is 7.90. The fourth-order valence-corrected chi connectivity index (χ4v) is 4.57. The van der Waals surface area contributed by atoms with Crippen LogP contribution in [0.1, 0.15) is 20.8 Å². The van der Waals surface area contributed by atoms with Crippen molar-refractivity contribution in [2.24, 2.45) is 0 Å². The molecule has 0 aliphatic carbocycles. The molecule has 28 heavy (non-hydrogen) atoms. The van der Waals surface area contributed by atoms with Gasteiger partial charge in [0.2, 0.25) is 0 Å². The topological polar surface area (TPSA) is 63.7 Å². The third-order valence-corrected chi connectivity index (χ3v) is 6.30. The van der Waals surface area contributed by atoms with E-state index in [9.17, 15) is 13.2 Å². The van der Waals surface area contributed by atoms with E-state index in [1.807, 2.05) is 41.8 Å². The van der Waals surface area contributed by atoms with E-state index in [4.69, 9.17) is 4.74 Å². The van der Waals surface area contributed by atoms with Gasteiger partial charge in [0.15, 0.2) is 9.84 Å². The molecule has 0 fully saturated rings. The van der Waals surface area contributed by atoms with Crippen molar-refractivity contribution in [2.75, 3.05) is 13.4 Å². The number of sulfone groups is 1. The molecule has 146 valence electrons. The Balaban J connectivity index is 2.01. The van der Waals surface area contributed by atoms with Crippen molar-refractivity contribution in [1.82, 2.24) is 4.90 Å². The Kier molecular flexibility index (Phi) is 6.16. The van der Waals surface area contributed by atoms with E-state index in [-0.39, 0.29) is 16.4 Å². The monoisotopic (exact) mass is 415 g/mol. The Morgan fingerprint density at radius 3 is 2.39 bits per heavy atom. The van der Waals surface area contributed by atoms with E-state index in [2.05, 4.69) is 0 Å². The van der Waals surface area contributed by atoms with Crippen molar-refractivity contribution < 1.29 is 17.9 Å². The third-order valence-electron chi connectivity index (χ3n) is 4.28. The molecule has 0 atom stereocenters. The number of hydrogen-bond donors (Lipinski definition) is 0. The largest absolute Gasteiger partial charge is 0.496 e. The van der Waals surface area contributed by atoms with Gasteiger partial charge >= 0.3 is 0 Å². The Bertz CT molecular complexity index is 1060. The summed E-state index contributed by atoms with van der Waals surface area (Å²) in [6.07, 6.45) is 1.11. The molecule has 0 saturated heterocycles. The lowest BCUT2D eigenvalue weighted by Gasteiger charge is -2.24. The van der Waals surface area contributed by atoms with Crippen molar-refractivity contribution in [3.63, 3.8) is 0 Å². The molecule has 1 aromatic heterocycles. The van der Waals surface area contributed by atoms with Crippen LogP contribution in [-0.2, 0) is 22.9 Å². The summed E-state index contributed by atoms with van der Waals surface area (Å²) in [7, 11) is -1.94. The molecule has 7 heteroatoms. The molecule has 0 spiro atoms. The van der Waals surface area contributed by atoms with E-state index in [0.29, 0.717) is 18.8 Å². The van der Waals surface area contributed by atoms with E-state index < -0.39 is 9.84 Å². The Hall–Kier alpha value is -2.64. The van der Waals surface area contributed by atoms with Gasteiger partial charge in [0.1, 0.15) is 5.75 Å². The third kappa shape index (κ3) is 4.61. The van der Waals surface area contributed by atoms with Crippen LogP contribution in [0, 0.1) is 0 Å². The molecule has 1 heterocycles. The standard InChI is InChI=1S/C21H21NO4S2/c1-26-19-11-5-3-8-16(19)14-22(15-17-9-7-13-27-17)21(23)18-10-4-6-12-20(18)28(2,24)25/h3-13H,14-15H2,1-2H3. The summed E-state index contributed by atoms with van der Waals surface area (Å²) in [4.78, 5) is 16.1. The van der Waals surface area contributed by atoms with Crippen LogP contribution >= 0.6 is 11.3 Å². The molecule has 0 unspecified atom stereocenters. The smallest absolute Gasteiger partial charge is 0.255 e.